The number of benzene rings is 2. The Bertz CT molecular complexity index is 852. The first-order valence-corrected chi connectivity index (χ1v) is 10.5. The number of halogens is 1. The lowest BCUT2D eigenvalue weighted by Gasteiger charge is -2.19. The number of allylic oxidation sites excluding steroid dienone is 3. The van der Waals surface area contributed by atoms with Crippen molar-refractivity contribution in [2.45, 2.75) is 18.2 Å². The normalized spacial score (nSPS) is 14.8. The number of thioether (sulfide) groups is 2. The molecule has 3 rings (SSSR count). The molecule has 0 amide bonds. The molecule has 2 aromatic carbocycles. The Labute approximate surface area is 163 Å². The fourth-order valence-corrected chi connectivity index (χ4v) is 4.34. The largest absolute Gasteiger partial charge is 0.354 e. The molecule has 1 N–H and O–H groups in total. The average molecular weight is 386 g/mol. The van der Waals surface area contributed by atoms with Gasteiger partial charge >= 0.3 is 0 Å². The molecule has 1 nitrogen and oxygen atoms in total. The van der Waals surface area contributed by atoms with Gasteiger partial charge in [-0.3, -0.25) is 0 Å². The van der Waals surface area contributed by atoms with Crippen molar-refractivity contribution in [3.05, 3.63) is 87.9 Å². The second-order valence-electron chi connectivity index (χ2n) is 5.51. The number of hydrogen-bond donors (Lipinski definition) is 1. The van der Waals surface area contributed by atoms with Crippen LogP contribution in [-0.2, 0) is 0 Å². The molecule has 0 spiro atoms. The van der Waals surface area contributed by atoms with Crippen LogP contribution in [0.3, 0.4) is 0 Å². The maximum atomic E-state index is 6.29. The third-order valence-electron chi connectivity index (χ3n) is 3.88. The van der Waals surface area contributed by atoms with Crippen LogP contribution in [0.1, 0.15) is 18.9 Å². The Morgan fingerprint density at radius 1 is 1.16 bits per heavy atom. The molecule has 0 saturated heterocycles. The van der Waals surface area contributed by atoms with Crippen molar-refractivity contribution in [2.75, 3.05) is 11.6 Å². The summed E-state index contributed by atoms with van der Waals surface area (Å²) in [7, 11) is 0. The van der Waals surface area contributed by atoms with Crippen LogP contribution < -0.4 is 5.32 Å². The first-order valence-electron chi connectivity index (χ1n) is 8.12. The van der Waals surface area contributed by atoms with Crippen molar-refractivity contribution in [3.63, 3.8) is 0 Å². The third-order valence-corrected chi connectivity index (χ3v) is 6.16. The molecule has 0 aromatic heterocycles. The fourth-order valence-electron chi connectivity index (χ4n) is 2.58. The summed E-state index contributed by atoms with van der Waals surface area (Å²) >= 11 is 9.87. The van der Waals surface area contributed by atoms with Crippen molar-refractivity contribution in [1.29, 1.82) is 0 Å². The minimum Gasteiger partial charge on any atom is -0.354 e. The second-order valence-corrected chi connectivity index (χ2v) is 7.88. The van der Waals surface area contributed by atoms with Crippen LogP contribution in [0.2, 0.25) is 5.02 Å². The number of nitrogens with one attached hydrogen (secondary N) is 1. The zero-order chi connectivity index (χ0) is 17.6. The Balaban J connectivity index is 1.79. The molecule has 1 heterocycles. The van der Waals surface area contributed by atoms with Crippen LogP contribution in [0, 0.1) is 0 Å². The molecule has 2 aromatic rings. The monoisotopic (exact) mass is 385 g/mol. The summed E-state index contributed by atoms with van der Waals surface area (Å²) in [6, 6.07) is 16.5. The van der Waals surface area contributed by atoms with Crippen molar-refractivity contribution in [1.82, 2.24) is 0 Å². The van der Waals surface area contributed by atoms with Crippen molar-refractivity contribution < 1.29 is 0 Å². The van der Waals surface area contributed by atoms with Crippen LogP contribution in [0.5, 0.6) is 0 Å². The minimum atomic E-state index is 0.728. The zero-order valence-corrected chi connectivity index (χ0v) is 16.6. The summed E-state index contributed by atoms with van der Waals surface area (Å²) in [5.74, 6) is 0. The highest BCUT2D eigenvalue weighted by Crippen LogP contribution is 2.41. The van der Waals surface area contributed by atoms with Crippen LogP contribution in [0.4, 0.5) is 5.69 Å². The predicted octanol–water partition coefficient (Wildman–Crippen LogP) is 7.44. The van der Waals surface area contributed by atoms with E-state index in [0.29, 0.717) is 0 Å². The number of para-hydroxylation sites is 1. The van der Waals surface area contributed by atoms with E-state index in [2.05, 4.69) is 54.1 Å². The van der Waals surface area contributed by atoms with E-state index in [4.69, 9.17) is 11.6 Å². The van der Waals surface area contributed by atoms with Crippen LogP contribution >= 0.6 is 35.1 Å². The van der Waals surface area contributed by atoms with Gasteiger partial charge in [0.15, 0.2) is 0 Å². The summed E-state index contributed by atoms with van der Waals surface area (Å²) in [4.78, 5) is 3.82. The van der Waals surface area contributed by atoms with Gasteiger partial charge in [-0.25, -0.2) is 0 Å². The van der Waals surface area contributed by atoms with Gasteiger partial charge in [-0.2, -0.15) is 0 Å². The Morgan fingerprint density at radius 3 is 2.76 bits per heavy atom. The molecular formula is C21H20ClNS2. The molecule has 1 aliphatic rings. The lowest BCUT2D eigenvalue weighted by molar-refractivity contribution is 1.33. The van der Waals surface area contributed by atoms with E-state index < -0.39 is 0 Å². The Kier molecular flexibility index (Phi) is 6.35. The van der Waals surface area contributed by atoms with Gasteiger partial charge in [-0.05, 0) is 49.4 Å². The van der Waals surface area contributed by atoms with Crippen molar-refractivity contribution in [2.24, 2.45) is 0 Å². The minimum absolute atomic E-state index is 0.728. The Morgan fingerprint density at radius 2 is 2.00 bits per heavy atom. The summed E-state index contributed by atoms with van der Waals surface area (Å²) in [6.07, 6.45) is 9.69. The first-order chi connectivity index (χ1) is 12.2. The van der Waals surface area contributed by atoms with E-state index in [1.165, 1.54) is 20.3 Å². The van der Waals surface area contributed by atoms with E-state index in [1.807, 2.05) is 31.2 Å². The molecule has 0 radical (unpaired) electrons. The predicted molar refractivity (Wildman–Crippen MR) is 115 cm³/mol. The molecule has 0 saturated carbocycles. The number of anilines is 1. The maximum absolute atomic E-state index is 6.29. The van der Waals surface area contributed by atoms with Crippen molar-refractivity contribution >= 4 is 45.7 Å². The highest BCUT2D eigenvalue weighted by atomic mass is 35.5. The molecule has 0 atom stereocenters. The van der Waals surface area contributed by atoms with Gasteiger partial charge < -0.3 is 5.32 Å². The van der Waals surface area contributed by atoms with E-state index in [-0.39, 0.29) is 0 Å². The van der Waals surface area contributed by atoms with Gasteiger partial charge in [0, 0.05) is 20.4 Å². The molecule has 0 aliphatic carbocycles. The molecule has 0 unspecified atom stereocenters. The molecule has 128 valence electrons. The lowest BCUT2D eigenvalue weighted by Crippen LogP contribution is -2.03. The SMILES string of the molecule is C/C=C(\Nc1ccccc1Cl)C1=CCC=C(c2cccc(SC)c2)S1. The van der Waals surface area contributed by atoms with Gasteiger partial charge in [0.05, 0.1) is 10.7 Å². The summed E-state index contributed by atoms with van der Waals surface area (Å²) in [5, 5.41) is 4.20. The molecule has 4 heteroatoms. The van der Waals surface area contributed by atoms with Gasteiger partial charge in [0.1, 0.15) is 0 Å². The van der Waals surface area contributed by atoms with Gasteiger partial charge in [-0.1, -0.05) is 65.9 Å². The molecule has 0 bridgehead atoms. The fraction of sp³-hybridized carbons (Fsp3) is 0.143. The summed E-state index contributed by atoms with van der Waals surface area (Å²) in [5.41, 5.74) is 3.29. The molecule has 25 heavy (non-hydrogen) atoms. The number of hydrogen-bond acceptors (Lipinski definition) is 3. The highest BCUT2D eigenvalue weighted by Gasteiger charge is 2.14. The van der Waals surface area contributed by atoms with Crippen molar-refractivity contribution in [3.8, 4) is 0 Å². The second kappa shape index (κ2) is 8.70. The summed E-state index contributed by atoms with van der Waals surface area (Å²) in [6.45, 7) is 2.05. The average Bonchev–Trinajstić information content (AvgIpc) is 2.67. The number of rotatable bonds is 5. The standard InChI is InChI=1S/C21H20ClNS2/c1-3-18(23-19-11-5-4-10-17(19)22)21-13-7-12-20(25-21)15-8-6-9-16(14-15)24-2/h3-6,8-14,23H,7H2,1-2H3/b18-3-. The van der Waals surface area contributed by atoms with E-state index in [0.717, 1.165) is 22.8 Å². The van der Waals surface area contributed by atoms with Gasteiger partial charge in [0.2, 0.25) is 0 Å². The summed E-state index contributed by atoms with van der Waals surface area (Å²) < 4.78 is 0. The van der Waals surface area contributed by atoms with Gasteiger partial charge in [-0.15, -0.1) is 11.8 Å². The highest BCUT2D eigenvalue weighted by molar-refractivity contribution is 8.12. The van der Waals surface area contributed by atoms with E-state index >= 15 is 0 Å². The lowest BCUT2D eigenvalue weighted by atomic mass is 10.2. The maximum Gasteiger partial charge on any atom is 0.0640 e. The van der Waals surface area contributed by atoms with Crippen LogP contribution in [-0.4, -0.2) is 6.26 Å². The van der Waals surface area contributed by atoms with E-state index in [1.54, 1.807) is 23.5 Å². The third kappa shape index (κ3) is 4.55. The van der Waals surface area contributed by atoms with Crippen LogP contribution in [0.15, 0.2) is 82.3 Å². The smallest absolute Gasteiger partial charge is 0.0640 e. The molecular weight excluding hydrogens is 366 g/mol. The zero-order valence-electron chi connectivity index (χ0n) is 14.3. The van der Waals surface area contributed by atoms with E-state index in [9.17, 15) is 0 Å². The van der Waals surface area contributed by atoms with Gasteiger partial charge in [0.25, 0.3) is 0 Å². The van der Waals surface area contributed by atoms with Crippen LogP contribution in [0.25, 0.3) is 4.91 Å². The topological polar surface area (TPSA) is 12.0 Å². The quantitative estimate of drug-likeness (QED) is 0.537. The first kappa shape index (κ1) is 18.2. The molecule has 0 fully saturated rings. The molecule has 1 aliphatic heterocycles. The Hall–Kier alpha value is -1.55.